The topological polar surface area (TPSA) is 109 Å². The van der Waals surface area contributed by atoms with Crippen LogP contribution in [-0.2, 0) is 9.59 Å². The summed E-state index contributed by atoms with van der Waals surface area (Å²) in [6, 6.07) is 8.51. The minimum absolute atomic E-state index is 0.0203. The van der Waals surface area contributed by atoms with E-state index in [1.165, 1.54) is 30.2 Å². The van der Waals surface area contributed by atoms with E-state index < -0.39 is 23.8 Å². The molecule has 9 heteroatoms. The van der Waals surface area contributed by atoms with Gasteiger partial charge in [-0.2, -0.15) is 11.8 Å². The highest BCUT2D eigenvalue weighted by Gasteiger charge is 2.23. The normalized spacial score (nSPS) is 12.3. The van der Waals surface area contributed by atoms with Crippen molar-refractivity contribution in [2.45, 2.75) is 12.5 Å². The summed E-state index contributed by atoms with van der Waals surface area (Å²) >= 11 is 7.34. The van der Waals surface area contributed by atoms with E-state index in [9.17, 15) is 19.5 Å². The largest absolute Gasteiger partial charge is 0.480 e. The molecule has 3 N–H and O–H groups in total. The SMILES string of the molecule is CSCCC(NC(=O)/C(=C/c1ccc(Cl)cc1)NC(=O)c1ccco1)C(=O)O. The van der Waals surface area contributed by atoms with Crippen LogP contribution in [0.25, 0.3) is 6.08 Å². The molecule has 0 spiro atoms. The maximum Gasteiger partial charge on any atom is 0.326 e. The average molecular weight is 423 g/mol. The lowest BCUT2D eigenvalue weighted by atomic mass is 10.1. The molecule has 1 aromatic carbocycles. The first-order chi connectivity index (χ1) is 13.4. The smallest absolute Gasteiger partial charge is 0.326 e. The summed E-state index contributed by atoms with van der Waals surface area (Å²) in [5, 5.41) is 14.8. The Morgan fingerprint density at radius 2 is 1.96 bits per heavy atom. The molecule has 28 heavy (non-hydrogen) atoms. The molecule has 0 aliphatic carbocycles. The molecule has 0 aliphatic rings. The van der Waals surface area contributed by atoms with E-state index in [1.54, 1.807) is 30.3 Å². The first-order valence-electron chi connectivity index (χ1n) is 8.25. The quantitative estimate of drug-likeness (QED) is 0.536. The van der Waals surface area contributed by atoms with Gasteiger partial charge in [0.25, 0.3) is 11.8 Å². The van der Waals surface area contributed by atoms with Crippen molar-refractivity contribution < 1.29 is 23.9 Å². The zero-order chi connectivity index (χ0) is 20.5. The van der Waals surface area contributed by atoms with Gasteiger partial charge in [-0.3, -0.25) is 9.59 Å². The lowest BCUT2D eigenvalue weighted by Gasteiger charge is -2.16. The number of furan rings is 1. The third kappa shape index (κ3) is 6.47. The number of hydrogen-bond donors (Lipinski definition) is 3. The molecular weight excluding hydrogens is 404 g/mol. The molecule has 0 saturated heterocycles. The maximum atomic E-state index is 12.7. The van der Waals surface area contributed by atoms with Gasteiger partial charge in [0.2, 0.25) is 0 Å². The van der Waals surface area contributed by atoms with Crippen LogP contribution in [0.4, 0.5) is 0 Å². The summed E-state index contributed by atoms with van der Waals surface area (Å²) in [7, 11) is 0. The lowest BCUT2D eigenvalue weighted by Crippen LogP contribution is -2.44. The molecule has 0 fully saturated rings. The van der Waals surface area contributed by atoms with Gasteiger partial charge in [-0.15, -0.1) is 0 Å². The van der Waals surface area contributed by atoms with Crippen LogP contribution in [0.2, 0.25) is 5.02 Å². The highest BCUT2D eigenvalue weighted by molar-refractivity contribution is 7.98. The van der Waals surface area contributed by atoms with Gasteiger partial charge in [-0.1, -0.05) is 23.7 Å². The average Bonchev–Trinajstić information content (AvgIpc) is 3.20. The Morgan fingerprint density at radius 3 is 2.54 bits per heavy atom. The van der Waals surface area contributed by atoms with Gasteiger partial charge in [0.1, 0.15) is 11.7 Å². The third-order valence-electron chi connectivity index (χ3n) is 3.63. The summed E-state index contributed by atoms with van der Waals surface area (Å²) < 4.78 is 5.03. The van der Waals surface area contributed by atoms with E-state index >= 15 is 0 Å². The second-order valence-corrected chi connectivity index (χ2v) is 7.11. The number of benzene rings is 1. The van der Waals surface area contributed by atoms with Crippen molar-refractivity contribution in [3.63, 3.8) is 0 Å². The Labute approximate surface area is 171 Å². The summed E-state index contributed by atoms with van der Waals surface area (Å²) in [4.78, 5) is 36.4. The number of carbonyl (C=O) groups excluding carboxylic acids is 2. The van der Waals surface area contributed by atoms with Crippen molar-refractivity contribution in [3.8, 4) is 0 Å². The van der Waals surface area contributed by atoms with Crippen molar-refractivity contribution in [3.05, 3.63) is 64.7 Å². The molecule has 1 heterocycles. The van der Waals surface area contributed by atoms with Crippen LogP contribution in [0, 0.1) is 0 Å². The number of carboxylic acid groups (broad SMARTS) is 1. The first-order valence-corrected chi connectivity index (χ1v) is 10.0. The fourth-order valence-electron chi connectivity index (χ4n) is 2.20. The number of rotatable bonds is 9. The standard InChI is InChI=1S/C19H19ClN2O5S/c1-28-10-8-14(19(25)26)21-17(23)15(11-12-4-6-13(20)7-5-12)22-18(24)16-3-2-9-27-16/h2-7,9,11,14H,8,10H2,1H3,(H,21,23)(H,22,24)(H,25,26)/b15-11-. The molecule has 148 valence electrons. The summed E-state index contributed by atoms with van der Waals surface area (Å²) in [6.07, 6.45) is 4.86. The van der Waals surface area contributed by atoms with E-state index in [1.807, 2.05) is 6.26 Å². The lowest BCUT2D eigenvalue weighted by molar-refractivity contribution is -0.141. The van der Waals surface area contributed by atoms with Crippen LogP contribution in [0.15, 0.2) is 52.8 Å². The Kier molecular flexibility index (Phi) is 8.16. The summed E-state index contributed by atoms with van der Waals surface area (Å²) in [5.41, 5.74) is 0.490. The minimum atomic E-state index is -1.15. The Hall–Kier alpha value is -2.71. The monoisotopic (exact) mass is 422 g/mol. The highest BCUT2D eigenvalue weighted by atomic mass is 35.5. The molecule has 2 rings (SSSR count). The zero-order valence-corrected chi connectivity index (χ0v) is 16.5. The van der Waals surface area contributed by atoms with Crippen LogP contribution in [0.1, 0.15) is 22.5 Å². The summed E-state index contributed by atoms with van der Waals surface area (Å²) in [6.45, 7) is 0. The first kappa shape index (κ1) is 21.6. The maximum absolute atomic E-state index is 12.7. The third-order valence-corrected chi connectivity index (χ3v) is 4.53. The number of hydrogen-bond acceptors (Lipinski definition) is 5. The predicted octanol–water partition coefficient (Wildman–Crippen LogP) is 3.03. The molecule has 2 amide bonds. The molecule has 0 bridgehead atoms. The van der Waals surface area contributed by atoms with Crippen LogP contribution in [0.3, 0.4) is 0 Å². The van der Waals surface area contributed by atoms with Gasteiger partial charge in [-0.05, 0) is 54.3 Å². The second kappa shape index (κ2) is 10.6. The molecule has 0 aliphatic heterocycles. The predicted molar refractivity (Wildman–Crippen MR) is 108 cm³/mol. The molecule has 0 radical (unpaired) electrons. The van der Waals surface area contributed by atoms with Gasteiger partial charge >= 0.3 is 5.97 Å². The summed E-state index contributed by atoms with van der Waals surface area (Å²) in [5.74, 6) is -1.91. The van der Waals surface area contributed by atoms with Crippen molar-refractivity contribution >= 4 is 47.2 Å². The molecule has 1 unspecified atom stereocenters. The fraction of sp³-hybridized carbons (Fsp3) is 0.211. The molecule has 1 atom stereocenters. The van der Waals surface area contributed by atoms with Gasteiger partial charge < -0.3 is 20.2 Å². The van der Waals surface area contributed by atoms with Crippen molar-refractivity contribution in [2.75, 3.05) is 12.0 Å². The number of carbonyl (C=O) groups is 3. The van der Waals surface area contributed by atoms with Crippen LogP contribution >= 0.6 is 23.4 Å². The van der Waals surface area contributed by atoms with Crippen molar-refractivity contribution in [2.24, 2.45) is 0 Å². The van der Waals surface area contributed by atoms with Crippen molar-refractivity contribution in [1.29, 1.82) is 0 Å². The van der Waals surface area contributed by atoms with E-state index in [0.717, 1.165) is 0 Å². The van der Waals surface area contributed by atoms with E-state index in [-0.39, 0.29) is 17.9 Å². The number of aliphatic carboxylic acids is 1. The number of carboxylic acids is 1. The molecule has 2 aromatic rings. The zero-order valence-electron chi connectivity index (χ0n) is 15.0. The number of nitrogens with one attached hydrogen (secondary N) is 2. The Morgan fingerprint density at radius 1 is 1.25 bits per heavy atom. The van der Waals surface area contributed by atoms with Crippen LogP contribution in [-0.4, -0.2) is 40.9 Å². The van der Waals surface area contributed by atoms with Crippen molar-refractivity contribution in [1.82, 2.24) is 10.6 Å². The number of halogens is 1. The van der Waals surface area contributed by atoms with E-state index in [0.29, 0.717) is 16.3 Å². The van der Waals surface area contributed by atoms with E-state index in [4.69, 9.17) is 16.0 Å². The molecule has 7 nitrogen and oxygen atoms in total. The Bertz CT molecular complexity index is 850. The fourth-order valence-corrected chi connectivity index (χ4v) is 2.80. The van der Waals surface area contributed by atoms with Crippen LogP contribution < -0.4 is 10.6 Å². The Balaban J connectivity index is 2.25. The van der Waals surface area contributed by atoms with Gasteiger partial charge in [0.15, 0.2) is 5.76 Å². The van der Waals surface area contributed by atoms with E-state index in [2.05, 4.69) is 10.6 Å². The highest BCUT2D eigenvalue weighted by Crippen LogP contribution is 2.13. The number of amides is 2. The van der Waals surface area contributed by atoms with Gasteiger partial charge in [-0.25, -0.2) is 4.79 Å². The number of thioether (sulfide) groups is 1. The molecule has 1 aromatic heterocycles. The minimum Gasteiger partial charge on any atom is -0.480 e. The molecule has 0 saturated carbocycles. The molecular formula is C19H19ClN2O5S. The van der Waals surface area contributed by atoms with Gasteiger partial charge in [0.05, 0.1) is 6.26 Å². The van der Waals surface area contributed by atoms with Gasteiger partial charge in [0, 0.05) is 5.02 Å². The van der Waals surface area contributed by atoms with Crippen LogP contribution in [0.5, 0.6) is 0 Å². The second-order valence-electron chi connectivity index (χ2n) is 5.69.